The predicted molar refractivity (Wildman–Crippen MR) is 77.3 cm³/mol. The zero-order chi connectivity index (χ0) is 16.0. The number of halogens is 1. The number of nitrogens with one attached hydrogen (secondary N) is 2. The summed E-state index contributed by atoms with van der Waals surface area (Å²) in [5, 5.41) is 13.4. The number of nitro groups is 1. The van der Waals surface area contributed by atoms with Gasteiger partial charge >= 0.3 is 0 Å². The molecule has 0 aromatic heterocycles. The van der Waals surface area contributed by atoms with Crippen molar-refractivity contribution in [1.29, 1.82) is 0 Å². The summed E-state index contributed by atoms with van der Waals surface area (Å²) in [5.41, 5.74) is -0.621. The number of sulfonamides is 1. The van der Waals surface area contributed by atoms with Crippen LogP contribution in [0.3, 0.4) is 0 Å². The summed E-state index contributed by atoms with van der Waals surface area (Å²) in [7, 11) is -4.07. The molecule has 0 saturated carbocycles. The van der Waals surface area contributed by atoms with Gasteiger partial charge in [-0.05, 0) is 13.3 Å². The highest BCUT2D eigenvalue weighted by Gasteiger charge is 2.26. The number of unbranched alkanes of at least 4 members (excludes halogenated alkanes) is 1. The zero-order valence-electron chi connectivity index (χ0n) is 11.8. The molecule has 0 fully saturated rings. The lowest BCUT2D eigenvalue weighted by molar-refractivity contribution is -0.385. The van der Waals surface area contributed by atoms with Gasteiger partial charge in [0.1, 0.15) is 4.90 Å². The summed E-state index contributed by atoms with van der Waals surface area (Å²) in [6, 6.07) is 1.62. The van der Waals surface area contributed by atoms with E-state index in [1.54, 1.807) is 6.92 Å². The third kappa shape index (κ3) is 4.36. The Hall–Kier alpha value is -1.74. The molecule has 0 atom stereocenters. The number of anilines is 1. The lowest BCUT2D eigenvalue weighted by atomic mass is 10.2. The SMILES string of the molecule is CCCCNS(=O)(=O)c1c(F)cc([N+](=O)[O-])cc1NCC. The number of benzene rings is 1. The molecule has 0 spiro atoms. The van der Waals surface area contributed by atoms with Gasteiger partial charge in [-0.2, -0.15) is 0 Å². The Kier molecular flexibility index (Phi) is 6.03. The van der Waals surface area contributed by atoms with Crippen LogP contribution in [0, 0.1) is 15.9 Å². The van der Waals surface area contributed by atoms with Gasteiger partial charge in [0.05, 0.1) is 16.7 Å². The van der Waals surface area contributed by atoms with Crippen molar-refractivity contribution in [1.82, 2.24) is 4.72 Å². The van der Waals surface area contributed by atoms with Crippen LogP contribution in [0.2, 0.25) is 0 Å². The van der Waals surface area contributed by atoms with E-state index in [0.717, 1.165) is 12.5 Å². The van der Waals surface area contributed by atoms with Crippen molar-refractivity contribution in [3.63, 3.8) is 0 Å². The fourth-order valence-electron chi connectivity index (χ4n) is 1.73. The fraction of sp³-hybridized carbons (Fsp3) is 0.500. The molecule has 0 amide bonds. The third-order valence-electron chi connectivity index (χ3n) is 2.70. The highest BCUT2D eigenvalue weighted by Crippen LogP contribution is 2.29. The largest absolute Gasteiger partial charge is 0.384 e. The first-order chi connectivity index (χ1) is 9.83. The second-order valence-corrected chi connectivity index (χ2v) is 6.05. The first kappa shape index (κ1) is 17.3. The van der Waals surface area contributed by atoms with Crippen LogP contribution in [0.15, 0.2) is 17.0 Å². The van der Waals surface area contributed by atoms with Gasteiger partial charge in [0.15, 0.2) is 5.82 Å². The van der Waals surface area contributed by atoms with Gasteiger partial charge in [0, 0.05) is 19.2 Å². The molecule has 1 aromatic carbocycles. The molecule has 118 valence electrons. The molecular weight excluding hydrogens is 301 g/mol. The molecule has 0 aliphatic carbocycles. The van der Waals surface area contributed by atoms with Crippen LogP contribution >= 0.6 is 0 Å². The predicted octanol–water partition coefficient (Wildman–Crippen LogP) is 2.24. The highest BCUT2D eigenvalue weighted by molar-refractivity contribution is 7.89. The minimum Gasteiger partial charge on any atom is -0.384 e. The second-order valence-electron chi connectivity index (χ2n) is 4.34. The lowest BCUT2D eigenvalue weighted by Gasteiger charge is -2.13. The van der Waals surface area contributed by atoms with E-state index in [-0.39, 0.29) is 12.2 Å². The van der Waals surface area contributed by atoms with Crippen molar-refractivity contribution < 1.29 is 17.7 Å². The Balaban J connectivity index is 3.30. The third-order valence-corrected chi connectivity index (χ3v) is 4.23. The van der Waals surface area contributed by atoms with Crippen molar-refractivity contribution in [3.05, 3.63) is 28.1 Å². The van der Waals surface area contributed by atoms with E-state index in [2.05, 4.69) is 10.0 Å². The molecule has 1 aromatic rings. The molecule has 1 rings (SSSR count). The van der Waals surface area contributed by atoms with Crippen molar-refractivity contribution in [3.8, 4) is 0 Å². The maximum absolute atomic E-state index is 14.0. The van der Waals surface area contributed by atoms with Crippen LogP contribution < -0.4 is 10.0 Å². The smallest absolute Gasteiger partial charge is 0.274 e. The van der Waals surface area contributed by atoms with Gasteiger partial charge in [-0.25, -0.2) is 17.5 Å². The molecule has 2 N–H and O–H groups in total. The van der Waals surface area contributed by atoms with Crippen molar-refractivity contribution in [2.75, 3.05) is 18.4 Å². The Morgan fingerprint density at radius 2 is 2.00 bits per heavy atom. The number of non-ortho nitro benzene ring substituents is 1. The number of nitrogens with zero attached hydrogens (tertiary/aromatic N) is 1. The average molecular weight is 319 g/mol. The molecular formula is C12H18FN3O4S. The molecule has 0 aliphatic heterocycles. The van der Waals surface area contributed by atoms with Crippen molar-refractivity contribution >= 4 is 21.4 Å². The Labute approximate surface area is 122 Å². The second kappa shape index (κ2) is 7.32. The molecule has 0 saturated heterocycles. The zero-order valence-corrected chi connectivity index (χ0v) is 12.7. The Morgan fingerprint density at radius 1 is 1.33 bits per heavy atom. The van der Waals surface area contributed by atoms with Crippen molar-refractivity contribution in [2.24, 2.45) is 0 Å². The van der Waals surface area contributed by atoms with E-state index >= 15 is 0 Å². The van der Waals surface area contributed by atoms with E-state index in [0.29, 0.717) is 19.0 Å². The number of rotatable bonds is 8. The van der Waals surface area contributed by atoms with Gasteiger partial charge < -0.3 is 5.32 Å². The van der Waals surface area contributed by atoms with E-state index in [1.807, 2.05) is 6.92 Å². The van der Waals surface area contributed by atoms with Crippen LogP contribution in [-0.4, -0.2) is 26.4 Å². The molecule has 0 aliphatic rings. The van der Waals surface area contributed by atoms with Gasteiger partial charge in [-0.3, -0.25) is 10.1 Å². The van der Waals surface area contributed by atoms with E-state index in [1.165, 1.54) is 0 Å². The first-order valence-corrected chi connectivity index (χ1v) is 8.03. The standard InChI is InChI=1S/C12H18FN3O4S/c1-3-5-6-15-21(19,20)12-10(13)7-9(16(17)18)8-11(12)14-4-2/h7-8,14-15H,3-6H2,1-2H3. The molecule has 0 unspecified atom stereocenters. The Bertz CT molecular complexity index is 619. The number of nitro benzene ring substituents is 1. The molecule has 0 bridgehead atoms. The molecule has 0 heterocycles. The van der Waals surface area contributed by atoms with Crippen molar-refractivity contribution in [2.45, 2.75) is 31.6 Å². The lowest BCUT2D eigenvalue weighted by Crippen LogP contribution is -2.26. The normalized spacial score (nSPS) is 11.4. The summed E-state index contributed by atoms with van der Waals surface area (Å²) in [4.78, 5) is 9.36. The molecule has 7 nitrogen and oxygen atoms in total. The maximum Gasteiger partial charge on any atom is 0.274 e. The van der Waals surface area contributed by atoms with Gasteiger partial charge in [-0.15, -0.1) is 0 Å². The average Bonchev–Trinajstić information content (AvgIpc) is 2.38. The first-order valence-electron chi connectivity index (χ1n) is 6.55. The van der Waals surface area contributed by atoms with E-state index in [4.69, 9.17) is 0 Å². The van der Waals surface area contributed by atoms with E-state index in [9.17, 15) is 22.9 Å². The van der Waals surface area contributed by atoms with Crippen LogP contribution in [0.5, 0.6) is 0 Å². The topological polar surface area (TPSA) is 101 Å². The molecule has 0 radical (unpaired) electrons. The van der Waals surface area contributed by atoms with E-state index < -0.39 is 31.3 Å². The summed E-state index contributed by atoms with van der Waals surface area (Å²) < 4.78 is 40.6. The summed E-state index contributed by atoms with van der Waals surface area (Å²) >= 11 is 0. The van der Waals surface area contributed by atoms with Gasteiger partial charge in [0.25, 0.3) is 5.69 Å². The summed E-state index contributed by atoms with van der Waals surface area (Å²) in [6.45, 7) is 4.06. The van der Waals surface area contributed by atoms with Crippen LogP contribution in [0.25, 0.3) is 0 Å². The monoisotopic (exact) mass is 319 g/mol. The summed E-state index contributed by atoms with van der Waals surface area (Å²) in [5.74, 6) is -1.15. The Morgan fingerprint density at radius 3 is 2.52 bits per heavy atom. The number of hydrogen-bond donors (Lipinski definition) is 2. The molecule has 21 heavy (non-hydrogen) atoms. The minimum absolute atomic E-state index is 0.117. The quantitative estimate of drug-likeness (QED) is 0.435. The summed E-state index contributed by atoms with van der Waals surface area (Å²) in [6.07, 6.45) is 1.40. The van der Waals surface area contributed by atoms with Crippen LogP contribution in [0.4, 0.5) is 15.8 Å². The van der Waals surface area contributed by atoms with Gasteiger partial charge in [-0.1, -0.05) is 13.3 Å². The van der Waals surface area contributed by atoms with Gasteiger partial charge in [0.2, 0.25) is 10.0 Å². The maximum atomic E-state index is 14.0. The van der Waals surface area contributed by atoms with Crippen LogP contribution in [-0.2, 0) is 10.0 Å². The fourth-order valence-corrected chi connectivity index (χ4v) is 3.03. The number of hydrogen-bond acceptors (Lipinski definition) is 5. The molecule has 9 heteroatoms. The minimum atomic E-state index is -4.07. The van der Waals surface area contributed by atoms with Crippen LogP contribution in [0.1, 0.15) is 26.7 Å². The highest BCUT2D eigenvalue weighted by atomic mass is 32.2.